The van der Waals surface area contributed by atoms with Gasteiger partial charge in [0.05, 0.1) is 106 Å². The zero-order valence-electron chi connectivity index (χ0n) is 32.4. The van der Waals surface area contributed by atoms with E-state index in [4.69, 9.17) is 37.9 Å². The summed E-state index contributed by atoms with van der Waals surface area (Å²) in [6.07, 6.45) is 18.4. The lowest BCUT2D eigenvalue weighted by Gasteiger charge is -2.09. The molecule has 15 heteroatoms. The predicted octanol–water partition coefficient (Wildman–Crippen LogP) is 8.29. The third-order valence-corrected chi connectivity index (χ3v) is 8.08. The summed E-state index contributed by atoms with van der Waals surface area (Å²) in [5, 5.41) is 0. The lowest BCUT2D eigenvalue weighted by atomic mass is 10.0. The van der Waals surface area contributed by atoms with Gasteiger partial charge in [0.15, 0.2) is 0 Å². The van der Waals surface area contributed by atoms with E-state index in [1.54, 1.807) is 0 Å². The zero-order chi connectivity index (χ0) is 39.3. The minimum Gasteiger partial charge on any atom is -0.420 e. The summed E-state index contributed by atoms with van der Waals surface area (Å²) >= 11 is 0. The van der Waals surface area contributed by atoms with Gasteiger partial charge in [-0.3, -0.25) is 4.79 Å². The van der Waals surface area contributed by atoms with Gasteiger partial charge in [0.25, 0.3) is 0 Å². The van der Waals surface area contributed by atoms with Crippen molar-refractivity contribution in [1.29, 1.82) is 0 Å². The first kappa shape index (κ1) is 50.0. The van der Waals surface area contributed by atoms with Crippen molar-refractivity contribution in [3.63, 3.8) is 0 Å². The van der Waals surface area contributed by atoms with E-state index in [0.29, 0.717) is 72.7 Å². The van der Waals surface area contributed by atoms with Crippen molar-refractivity contribution in [1.82, 2.24) is 0 Å². The summed E-state index contributed by atoms with van der Waals surface area (Å²) in [6.45, 7) is 8.50. The number of hydrogen-bond acceptors (Lipinski definition) is 10. The second kappa shape index (κ2) is 36.6. The largest absolute Gasteiger partial charge is 0.420 e. The monoisotopic (exact) mass is 788 g/mol. The van der Waals surface area contributed by atoms with Crippen LogP contribution in [0.25, 0.3) is 0 Å². The molecule has 0 fully saturated rings. The van der Waals surface area contributed by atoms with Crippen LogP contribution in [0.15, 0.2) is 0 Å². The molecule has 0 atom stereocenters. The molecule has 10 nitrogen and oxygen atoms in total. The quantitative estimate of drug-likeness (QED) is 0.0161. The Balaban J connectivity index is 1.71. The number of carbonyl (C=O) groups excluding carboxylic acids is 1. The maximum atomic E-state index is 13.6. The van der Waals surface area contributed by atoms with Gasteiger partial charge in [-0.2, -0.15) is 8.78 Å². The van der Waals surface area contributed by atoms with Gasteiger partial charge in [-0.05, 0) is 6.42 Å². The summed E-state index contributed by atoms with van der Waals surface area (Å²) in [6, 6.07) is 0. The van der Waals surface area contributed by atoms with Crippen LogP contribution < -0.4 is 4.74 Å². The first-order valence-electron chi connectivity index (χ1n) is 19.7. The van der Waals surface area contributed by atoms with Crippen molar-refractivity contribution >= 4 is 5.97 Å². The lowest BCUT2D eigenvalue weighted by molar-refractivity contribution is -0.136. The average molecular weight is 789 g/mol. The van der Waals surface area contributed by atoms with E-state index in [0.717, 1.165) is 13.0 Å². The Morgan fingerprint density at radius 1 is 0.352 bits per heavy atom. The molecule has 0 bridgehead atoms. The molecule has 316 valence electrons. The van der Waals surface area contributed by atoms with Gasteiger partial charge in [-0.15, -0.1) is 0 Å². The summed E-state index contributed by atoms with van der Waals surface area (Å²) in [4.78, 5) is 11.7. The number of carbonyl (C=O) groups is 1. The molecule has 0 N–H and O–H groups in total. The Labute approximate surface area is 318 Å². The molecule has 0 unspecified atom stereocenters. The Kier molecular flexibility index (Phi) is 34.0. The van der Waals surface area contributed by atoms with Crippen LogP contribution in [0.5, 0.6) is 5.75 Å². The fraction of sp³-hybridized carbons (Fsp3) is 0.821. The highest BCUT2D eigenvalue weighted by atomic mass is 19.2. The first-order valence-corrected chi connectivity index (χ1v) is 19.7. The van der Waals surface area contributed by atoms with E-state index in [1.807, 2.05) is 0 Å². The molecule has 0 saturated carbocycles. The number of rotatable bonds is 40. The van der Waals surface area contributed by atoms with Crippen LogP contribution >= 0.6 is 0 Å². The van der Waals surface area contributed by atoms with Gasteiger partial charge in [-0.1, -0.05) is 90.4 Å². The van der Waals surface area contributed by atoms with E-state index in [2.05, 4.69) is 11.7 Å². The maximum absolute atomic E-state index is 13.6. The highest BCUT2D eigenvalue weighted by Gasteiger charge is 2.28. The molecule has 0 spiro atoms. The predicted molar refractivity (Wildman–Crippen MR) is 193 cm³/mol. The van der Waals surface area contributed by atoms with Crippen LogP contribution in [0, 0.1) is 29.1 Å². The number of benzene rings is 1. The van der Waals surface area contributed by atoms with E-state index < -0.39 is 47.2 Å². The van der Waals surface area contributed by atoms with Gasteiger partial charge in [0, 0.05) is 6.61 Å². The van der Waals surface area contributed by atoms with E-state index in [9.17, 15) is 26.7 Å². The number of esters is 1. The Bertz CT molecular complexity index is 1010. The fourth-order valence-electron chi connectivity index (χ4n) is 5.03. The normalized spacial score (nSPS) is 11.5. The second-order valence-corrected chi connectivity index (χ2v) is 12.6. The van der Waals surface area contributed by atoms with Gasteiger partial charge < -0.3 is 42.6 Å². The highest BCUT2D eigenvalue weighted by Crippen LogP contribution is 2.29. The smallest absolute Gasteiger partial charge is 0.313 e. The first-order chi connectivity index (χ1) is 26.4. The average Bonchev–Trinajstić information content (AvgIpc) is 3.17. The minimum atomic E-state index is -2.34. The summed E-state index contributed by atoms with van der Waals surface area (Å²) in [7, 11) is 0. The summed E-state index contributed by atoms with van der Waals surface area (Å²) in [5.74, 6) is -14.1. The molecule has 1 aromatic carbocycles. The van der Waals surface area contributed by atoms with Gasteiger partial charge in [0.1, 0.15) is 0 Å². The molecule has 1 rings (SSSR count). The van der Waals surface area contributed by atoms with Crippen LogP contribution in [-0.4, -0.2) is 112 Å². The van der Waals surface area contributed by atoms with Gasteiger partial charge >= 0.3 is 5.97 Å². The molecular formula is C39H65F5O10. The van der Waals surface area contributed by atoms with Crippen LogP contribution in [0.4, 0.5) is 22.0 Å². The maximum Gasteiger partial charge on any atom is 0.313 e. The molecule has 0 radical (unpaired) electrons. The van der Waals surface area contributed by atoms with Crippen LogP contribution in [0.3, 0.4) is 0 Å². The Morgan fingerprint density at radius 3 is 0.944 bits per heavy atom. The molecule has 0 aliphatic rings. The molecule has 0 aromatic heterocycles. The fourth-order valence-corrected chi connectivity index (χ4v) is 5.03. The van der Waals surface area contributed by atoms with Gasteiger partial charge in [0.2, 0.25) is 34.8 Å². The van der Waals surface area contributed by atoms with E-state index in [-0.39, 0.29) is 26.4 Å². The molecule has 0 aliphatic heterocycles. The molecule has 1 aromatic rings. The van der Waals surface area contributed by atoms with Gasteiger partial charge in [-0.25, -0.2) is 13.2 Å². The number of hydrogen-bond donors (Lipinski definition) is 0. The van der Waals surface area contributed by atoms with Crippen molar-refractivity contribution in [2.45, 2.75) is 103 Å². The number of unbranched alkanes of at least 4 members (excludes halogenated alkanes) is 13. The molecule has 54 heavy (non-hydrogen) atoms. The second-order valence-electron chi connectivity index (χ2n) is 12.6. The lowest BCUT2D eigenvalue weighted by Crippen LogP contribution is -2.16. The zero-order valence-corrected chi connectivity index (χ0v) is 32.4. The van der Waals surface area contributed by atoms with E-state index in [1.165, 1.54) is 83.5 Å². The standard InChI is InChI=1S/C39H65F5O10/c1-2-3-4-5-6-7-8-9-10-11-12-13-14-15-17-46-19-21-48-23-25-50-27-29-52-31-32-53-30-28-51-26-24-49-22-20-47-18-16-33(45)54-39-37(43)35(41)34(40)36(42)38(39)44/h2-32H2,1H3. The highest BCUT2D eigenvalue weighted by molar-refractivity contribution is 5.72. The molecule has 0 amide bonds. The number of halogens is 5. The minimum absolute atomic E-state index is 0.0901. The Morgan fingerprint density at radius 2 is 0.611 bits per heavy atom. The van der Waals surface area contributed by atoms with Crippen molar-refractivity contribution in [3.05, 3.63) is 29.1 Å². The van der Waals surface area contributed by atoms with Crippen LogP contribution in [0.1, 0.15) is 103 Å². The Hall–Kier alpha value is -1.98. The van der Waals surface area contributed by atoms with E-state index >= 15 is 0 Å². The molecule has 0 aliphatic carbocycles. The third-order valence-electron chi connectivity index (χ3n) is 8.08. The summed E-state index contributed by atoms with van der Waals surface area (Å²) < 4.78 is 114. The van der Waals surface area contributed by atoms with Crippen molar-refractivity contribution in [3.8, 4) is 5.75 Å². The van der Waals surface area contributed by atoms with Crippen molar-refractivity contribution in [2.75, 3.05) is 106 Å². The summed E-state index contributed by atoms with van der Waals surface area (Å²) in [5.41, 5.74) is 0. The van der Waals surface area contributed by atoms with Crippen LogP contribution in [0.2, 0.25) is 0 Å². The van der Waals surface area contributed by atoms with Crippen molar-refractivity contribution < 1.29 is 69.4 Å². The third kappa shape index (κ3) is 27.6. The SMILES string of the molecule is CCCCCCCCCCCCCCCCOCCOCCOCCOCCOCCOCCOCCOCCC(=O)Oc1c(F)c(F)c(F)c(F)c1F. The topological polar surface area (TPSA) is 100 Å². The van der Waals surface area contributed by atoms with Crippen LogP contribution in [-0.2, 0) is 42.7 Å². The van der Waals surface area contributed by atoms with Crippen molar-refractivity contribution in [2.24, 2.45) is 0 Å². The molecule has 0 heterocycles. The molecular weight excluding hydrogens is 723 g/mol. The molecule has 0 saturated heterocycles. The number of ether oxygens (including phenoxy) is 9.